The highest BCUT2D eigenvalue weighted by atomic mass is 16.5. The normalized spacial score (nSPS) is 11.3. The molecule has 0 spiro atoms. The van der Waals surface area contributed by atoms with Gasteiger partial charge >= 0.3 is 0 Å². The zero-order chi connectivity index (χ0) is 27.7. The SMILES string of the molecule is COc1cccc(Cn2cccc2CN(C(=O)CN(CC(C)C)C(=O)COc2ccccc2)C(C)(C)C)c1. The van der Waals surface area contributed by atoms with Crippen molar-refractivity contribution in [2.45, 2.75) is 53.2 Å². The second kappa shape index (κ2) is 13.2. The molecule has 7 heteroatoms. The minimum atomic E-state index is -0.435. The van der Waals surface area contributed by atoms with Gasteiger partial charge in [-0.25, -0.2) is 0 Å². The molecule has 204 valence electrons. The number of carbonyl (C=O) groups excluding carboxylic acids is 2. The molecule has 0 aliphatic carbocycles. The number of ether oxygens (including phenoxy) is 2. The van der Waals surface area contributed by atoms with Gasteiger partial charge in [0.05, 0.1) is 20.2 Å². The van der Waals surface area contributed by atoms with E-state index in [1.165, 1.54) is 0 Å². The third-order valence-corrected chi connectivity index (χ3v) is 6.21. The lowest BCUT2D eigenvalue weighted by Gasteiger charge is -2.37. The molecule has 3 rings (SSSR count). The first-order valence-electron chi connectivity index (χ1n) is 13.1. The van der Waals surface area contributed by atoms with Crippen molar-refractivity contribution in [1.29, 1.82) is 0 Å². The molecule has 0 N–H and O–H groups in total. The highest BCUT2D eigenvalue weighted by molar-refractivity contribution is 5.86. The Hall–Kier alpha value is -3.74. The number of carbonyl (C=O) groups is 2. The maximum absolute atomic E-state index is 13.7. The van der Waals surface area contributed by atoms with Crippen LogP contribution in [-0.4, -0.2) is 58.5 Å². The van der Waals surface area contributed by atoms with E-state index < -0.39 is 5.54 Å². The number of hydrogen-bond donors (Lipinski definition) is 0. The summed E-state index contributed by atoms with van der Waals surface area (Å²) in [6.07, 6.45) is 2.02. The second-order valence-electron chi connectivity index (χ2n) is 10.9. The number of hydrogen-bond acceptors (Lipinski definition) is 4. The smallest absolute Gasteiger partial charge is 0.260 e. The van der Waals surface area contributed by atoms with Gasteiger partial charge in [-0.2, -0.15) is 0 Å². The van der Waals surface area contributed by atoms with Crippen LogP contribution < -0.4 is 9.47 Å². The minimum absolute atomic E-state index is 0.00300. The van der Waals surface area contributed by atoms with Crippen molar-refractivity contribution in [2.75, 3.05) is 26.8 Å². The summed E-state index contributed by atoms with van der Waals surface area (Å²) in [6.45, 7) is 11.6. The fourth-order valence-electron chi connectivity index (χ4n) is 4.27. The predicted octanol–water partition coefficient (Wildman–Crippen LogP) is 5.24. The maximum atomic E-state index is 13.7. The van der Waals surface area contributed by atoms with E-state index >= 15 is 0 Å². The second-order valence-corrected chi connectivity index (χ2v) is 10.9. The molecule has 0 aliphatic heterocycles. The maximum Gasteiger partial charge on any atom is 0.260 e. The van der Waals surface area contributed by atoms with E-state index in [4.69, 9.17) is 9.47 Å². The Balaban J connectivity index is 1.74. The summed E-state index contributed by atoms with van der Waals surface area (Å²) >= 11 is 0. The molecular weight excluding hydrogens is 478 g/mol. The van der Waals surface area contributed by atoms with Crippen LogP contribution in [0.1, 0.15) is 45.9 Å². The van der Waals surface area contributed by atoms with Crippen LogP contribution in [-0.2, 0) is 22.7 Å². The zero-order valence-corrected chi connectivity index (χ0v) is 23.5. The highest BCUT2D eigenvalue weighted by Crippen LogP contribution is 2.21. The first-order valence-corrected chi connectivity index (χ1v) is 13.1. The highest BCUT2D eigenvalue weighted by Gasteiger charge is 2.30. The van der Waals surface area contributed by atoms with Gasteiger partial charge in [0.1, 0.15) is 11.5 Å². The number of benzene rings is 2. The first-order chi connectivity index (χ1) is 18.1. The third-order valence-electron chi connectivity index (χ3n) is 6.21. The molecule has 7 nitrogen and oxygen atoms in total. The molecule has 0 bridgehead atoms. The van der Waals surface area contributed by atoms with Crippen LogP contribution in [0.2, 0.25) is 0 Å². The number of rotatable bonds is 12. The Labute approximate surface area is 227 Å². The van der Waals surface area contributed by atoms with Crippen molar-refractivity contribution in [3.63, 3.8) is 0 Å². The Kier molecular flexibility index (Phi) is 9.99. The van der Waals surface area contributed by atoms with Gasteiger partial charge in [-0.3, -0.25) is 9.59 Å². The summed E-state index contributed by atoms with van der Waals surface area (Å²) in [5, 5.41) is 0. The lowest BCUT2D eigenvalue weighted by atomic mass is 10.0. The van der Waals surface area contributed by atoms with Crippen LogP contribution in [0.3, 0.4) is 0 Å². The molecule has 1 aromatic heterocycles. The van der Waals surface area contributed by atoms with Gasteiger partial charge in [-0.15, -0.1) is 0 Å². The molecule has 38 heavy (non-hydrogen) atoms. The summed E-state index contributed by atoms with van der Waals surface area (Å²) < 4.78 is 13.2. The molecule has 2 aromatic carbocycles. The Morgan fingerprint density at radius 2 is 1.63 bits per heavy atom. The van der Waals surface area contributed by atoms with Crippen LogP contribution in [0.15, 0.2) is 72.9 Å². The topological polar surface area (TPSA) is 64.0 Å². The molecule has 0 fully saturated rings. The van der Waals surface area contributed by atoms with Crippen LogP contribution >= 0.6 is 0 Å². The number of para-hydroxylation sites is 1. The number of amides is 2. The van der Waals surface area contributed by atoms with Crippen molar-refractivity contribution in [3.8, 4) is 11.5 Å². The molecule has 3 aromatic rings. The van der Waals surface area contributed by atoms with Gasteiger partial charge in [0, 0.05) is 30.5 Å². The third kappa shape index (κ3) is 8.40. The number of methoxy groups -OCH3 is 1. The van der Waals surface area contributed by atoms with Gasteiger partial charge in [0.2, 0.25) is 5.91 Å². The minimum Gasteiger partial charge on any atom is -0.497 e. The van der Waals surface area contributed by atoms with Gasteiger partial charge in [-0.05, 0) is 68.7 Å². The molecule has 0 radical (unpaired) electrons. The molecule has 0 saturated heterocycles. The van der Waals surface area contributed by atoms with Crippen molar-refractivity contribution < 1.29 is 19.1 Å². The van der Waals surface area contributed by atoms with Gasteiger partial charge in [0.25, 0.3) is 5.91 Å². The van der Waals surface area contributed by atoms with Crippen molar-refractivity contribution in [1.82, 2.24) is 14.4 Å². The van der Waals surface area contributed by atoms with Gasteiger partial charge in [0.15, 0.2) is 6.61 Å². The predicted molar refractivity (Wildman–Crippen MR) is 150 cm³/mol. The average molecular weight is 520 g/mol. The van der Waals surface area contributed by atoms with Crippen molar-refractivity contribution in [2.24, 2.45) is 5.92 Å². The van der Waals surface area contributed by atoms with E-state index in [2.05, 4.69) is 10.6 Å². The van der Waals surface area contributed by atoms with E-state index in [9.17, 15) is 9.59 Å². The summed E-state index contributed by atoms with van der Waals surface area (Å²) in [5.74, 6) is 1.36. The number of nitrogens with zero attached hydrogens (tertiary/aromatic N) is 3. The summed E-state index contributed by atoms with van der Waals surface area (Å²) in [5.41, 5.74) is 1.70. The summed E-state index contributed by atoms with van der Waals surface area (Å²) in [4.78, 5) is 30.3. The van der Waals surface area contributed by atoms with Crippen molar-refractivity contribution >= 4 is 11.8 Å². The quantitative estimate of drug-likeness (QED) is 0.329. The molecule has 0 aliphatic rings. The van der Waals surface area contributed by atoms with Gasteiger partial charge < -0.3 is 23.8 Å². The zero-order valence-electron chi connectivity index (χ0n) is 23.5. The van der Waals surface area contributed by atoms with Crippen LogP contribution in [0.5, 0.6) is 11.5 Å². The largest absolute Gasteiger partial charge is 0.497 e. The Bertz CT molecular complexity index is 1180. The average Bonchev–Trinajstić information content (AvgIpc) is 3.31. The van der Waals surface area contributed by atoms with E-state index in [0.717, 1.165) is 17.0 Å². The fraction of sp³-hybridized carbons (Fsp3) is 0.419. The monoisotopic (exact) mass is 519 g/mol. The molecule has 0 unspecified atom stereocenters. The molecule has 2 amide bonds. The van der Waals surface area contributed by atoms with E-state index in [1.54, 1.807) is 12.0 Å². The molecule has 1 heterocycles. The fourth-order valence-corrected chi connectivity index (χ4v) is 4.27. The summed E-state index contributed by atoms with van der Waals surface area (Å²) in [7, 11) is 1.66. The van der Waals surface area contributed by atoms with Crippen molar-refractivity contribution in [3.05, 3.63) is 84.2 Å². The van der Waals surface area contributed by atoms with E-state index in [0.29, 0.717) is 25.4 Å². The molecule has 0 atom stereocenters. The van der Waals surface area contributed by atoms with Crippen LogP contribution in [0, 0.1) is 5.92 Å². The van der Waals surface area contributed by atoms with E-state index in [-0.39, 0.29) is 30.9 Å². The lowest BCUT2D eigenvalue weighted by Crippen LogP contribution is -2.51. The molecule has 0 saturated carbocycles. The van der Waals surface area contributed by atoms with E-state index in [1.807, 2.05) is 106 Å². The standard InChI is InChI=1S/C31H41N3O4/c1-24(2)19-33(30(36)23-38-27-14-8-7-9-15-27)22-29(35)34(31(3,4)5)21-26-13-11-17-32(26)20-25-12-10-16-28(18-25)37-6/h7-18,24H,19-23H2,1-6H3. The van der Waals surface area contributed by atoms with Crippen LogP contribution in [0.4, 0.5) is 0 Å². The summed E-state index contributed by atoms with van der Waals surface area (Å²) in [6, 6.07) is 21.3. The first kappa shape index (κ1) is 28.8. The Morgan fingerprint density at radius 1 is 0.921 bits per heavy atom. The number of aromatic nitrogens is 1. The van der Waals surface area contributed by atoms with Crippen LogP contribution in [0.25, 0.3) is 0 Å². The Morgan fingerprint density at radius 3 is 2.29 bits per heavy atom. The molecular formula is C31H41N3O4. The lowest BCUT2D eigenvalue weighted by molar-refractivity contribution is -0.145. The van der Waals surface area contributed by atoms with Gasteiger partial charge in [-0.1, -0.05) is 44.2 Å².